The number of nitrogens with zero attached hydrogens (tertiary/aromatic N) is 5. The summed E-state index contributed by atoms with van der Waals surface area (Å²) in [4.78, 5) is 7.54. The number of likely N-dealkylation sites (N-methyl/N-ethyl adjacent to an activating group) is 1. The average molecular weight is 619 g/mol. The van der Waals surface area contributed by atoms with Crippen LogP contribution in [0.2, 0.25) is 0 Å². The van der Waals surface area contributed by atoms with Crippen molar-refractivity contribution in [3.8, 4) is 0 Å². The third kappa shape index (κ3) is 7.06. The number of aromatic nitrogens is 2. The minimum atomic E-state index is -3.80. The van der Waals surface area contributed by atoms with Crippen LogP contribution in [-0.2, 0) is 34.1 Å². The molecule has 1 unspecified atom stereocenters. The molecule has 1 fully saturated rings. The number of sulfonamides is 1. The number of rotatable bonds is 14. The molecule has 1 atom stereocenters. The summed E-state index contributed by atoms with van der Waals surface area (Å²) in [6, 6.07) is 22.0. The fourth-order valence-electron chi connectivity index (χ4n) is 5.75. The first kappa shape index (κ1) is 31.5. The molecule has 234 valence electrons. The number of hydrogen-bond donors (Lipinski definition) is 2. The van der Waals surface area contributed by atoms with Gasteiger partial charge in [-0.2, -0.15) is 0 Å². The fraction of sp³-hybridized carbons (Fsp3) is 0.394. The number of imidazole rings is 1. The van der Waals surface area contributed by atoms with Crippen LogP contribution in [0.15, 0.2) is 82.8 Å². The number of amidine groups is 1. The highest BCUT2D eigenvalue weighted by atomic mass is 32.2. The minimum Gasteiger partial charge on any atom is -0.409 e. The third-order valence-corrected chi connectivity index (χ3v) is 10.2. The van der Waals surface area contributed by atoms with Crippen LogP contribution in [0.25, 0.3) is 11.0 Å². The van der Waals surface area contributed by atoms with E-state index in [4.69, 9.17) is 20.7 Å². The van der Waals surface area contributed by atoms with Crippen LogP contribution >= 0.6 is 0 Å². The number of fused-ring (bicyclic) bond motifs is 1. The molecular weight excluding hydrogens is 576 g/mol. The van der Waals surface area contributed by atoms with Gasteiger partial charge in [0.05, 0.1) is 34.3 Å². The molecule has 2 heterocycles. The second kappa shape index (κ2) is 14.2. The zero-order chi connectivity index (χ0) is 31.1. The predicted octanol–water partition coefficient (Wildman–Crippen LogP) is 4.63. The molecule has 0 radical (unpaired) electrons. The average Bonchev–Trinajstić information content (AvgIpc) is 3.70. The van der Waals surface area contributed by atoms with E-state index in [2.05, 4.69) is 28.5 Å². The Morgan fingerprint density at radius 2 is 1.80 bits per heavy atom. The molecule has 44 heavy (non-hydrogen) atoms. The standard InChI is InChI=1S/C33H42N6O4S/c1-3-37(4-2)20-21-39(44(41,42)29-10-6-5-7-11-29)27-17-18-31-30(23-27)35-32(38(31)24-28-9-8-22-43-28)19-14-25-12-15-26(16-13-25)33(34)36-40/h5-7,10-13,15-18,23,28,40H,3-4,8-9,14,19-22,24H2,1-2H3,(H2,34,36). The molecule has 1 saturated heterocycles. The van der Waals surface area contributed by atoms with Gasteiger partial charge in [0.2, 0.25) is 0 Å². The molecule has 11 heteroatoms. The summed E-state index contributed by atoms with van der Waals surface area (Å²) < 4.78 is 37.6. The van der Waals surface area contributed by atoms with Gasteiger partial charge >= 0.3 is 0 Å². The topological polar surface area (TPSA) is 126 Å². The van der Waals surface area contributed by atoms with Crippen molar-refractivity contribution >= 4 is 32.6 Å². The smallest absolute Gasteiger partial charge is 0.264 e. The predicted molar refractivity (Wildman–Crippen MR) is 174 cm³/mol. The Kier molecular flexibility index (Phi) is 10.2. The highest BCUT2D eigenvalue weighted by Crippen LogP contribution is 2.29. The first-order valence-corrected chi connectivity index (χ1v) is 16.8. The van der Waals surface area contributed by atoms with Gasteiger partial charge in [-0.1, -0.05) is 61.5 Å². The molecule has 0 bridgehead atoms. The van der Waals surface area contributed by atoms with Gasteiger partial charge in [0.1, 0.15) is 5.82 Å². The van der Waals surface area contributed by atoms with Gasteiger partial charge in [-0.05, 0) is 68.2 Å². The van der Waals surface area contributed by atoms with Gasteiger partial charge < -0.3 is 25.1 Å². The van der Waals surface area contributed by atoms with Crippen molar-refractivity contribution in [1.29, 1.82) is 0 Å². The highest BCUT2D eigenvalue weighted by Gasteiger charge is 2.27. The van der Waals surface area contributed by atoms with Gasteiger partial charge in [-0.15, -0.1) is 0 Å². The van der Waals surface area contributed by atoms with E-state index in [0.29, 0.717) is 37.3 Å². The Bertz CT molecular complexity index is 1660. The van der Waals surface area contributed by atoms with Crippen LogP contribution < -0.4 is 10.0 Å². The van der Waals surface area contributed by atoms with Crippen LogP contribution in [0.1, 0.15) is 43.6 Å². The van der Waals surface area contributed by atoms with E-state index in [1.165, 1.54) is 4.31 Å². The van der Waals surface area contributed by atoms with Crippen molar-refractivity contribution < 1.29 is 18.4 Å². The van der Waals surface area contributed by atoms with E-state index < -0.39 is 10.0 Å². The Balaban J connectivity index is 1.49. The molecule has 10 nitrogen and oxygen atoms in total. The normalized spacial score (nSPS) is 15.8. The molecule has 0 spiro atoms. The van der Waals surface area contributed by atoms with E-state index in [0.717, 1.165) is 61.4 Å². The van der Waals surface area contributed by atoms with Crippen LogP contribution in [0.5, 0.6) is 0 Å². The maximum atomic E-state index is 13.9. The summed E-state index contributed by atoms with van der Waals surface area (Å²) in [6.45, 7) is 8.26. The summed E-state index contributed by atoms with van der Waals surface area (Å²) in [5, 5.41) is 12.0. The number of hydrogen-bond acceptors (Lipinski definition) is 7. The molecule has 3 aromatic carbocycles. The first-order chi connectivity index (χ1) is 21.3. The van der Waals surface area contributed by atoms with Crippen molar-refractivity contribution in [3.05, 3.63) is 89.7 Å². The van der Waals surface area contributed by atoms with Gasteiger partial charge in [0.15, 0.2) is 5.84 Å². The Labute approximate surface area is 259 Å². The van der Waals surface area contributed by atoms with Crippen LogP contribution in [0.3, 0.4) is 0 Å². The zero-order valence-corrected chi connectivity index (χ0v) is 26.3. The maximum absolute atomic E-state index is 13.9. The van der Waals surface area contributed by atoms with E-state index in [9.17, 15) is 8.42 Å². The van der Waals surface area contributed by atoms with Gasteiger partial charge in [-0.3, -0.25) is 4.31 Å². The van der Waals surface area contributed by atoms with Crippen molar-refractivity contribution in [2.45, 2.75) is 57.1 Å². The molecule has 1 aliphatic heterocycles. The lowest BCUT2D eigenvalue weighted by Crippen LogP contribution is -2.38. The van der Waals surface area contributed by atoms with Gasteiger partial charge in [0.25, 0.3) is 10.0 Å². The number of benzene rings is 3. The van der Waals surface area contributed by atoms with Gasteiger partial charge in [-0.25, -0.2) is 13.4 Å². The van der Waals surface area contributed by atoms with E-state index in [1.54, 1.807) is 24.3 Å². The van der Waals surface area contributed by atoms with Gasteiger partial charge in [0, 0.05) is 31.7 Å². The summed E-state index contributed by atoms with van der Waals surface area (Å²) in [5.74, 6) is 1.000. The Hall–Kier alpha value is -3.93. The molecule has 0 saturated carbocycles. The summed E-state index contributed by atoms with van der Waals surface area (Å²) >= 11 is 0. The van der Waals surface area contributed by atoms with E-state index in [1.807, 2.05) is 48.5 Å². The molecule has 5 rings (SSSR count). The maximum Gasteiger partial charge on any atom is 0.264 e. The third-order valence-electron chi connectivity index (χ3n) is 8.35. The molecular formula is C33H42N6O4S. The number of ether oxygens (including phenoxy) is 1. The Morgan fingerprint density at radius 1 is 1.05 bits per heavy atom. The largest absolute Gasteiger partial charge is 0.409 e. The summed E-state index contributed by atoms with van der Waals surface area (Å²) in [7, 11) is -3.80. The number of aryl methyl sites for hydroxylation is 2. The molecule has 4 aromatic rings. The van der Waals surface area contributed by atoms with E-state index in [-0.39, 0.29) is 16.8 Å². The van der Waals surface area contributed by atoms with Crippen molar-refractivity contribution in [1.82, 2.24) is 14.5 Å². The van der Waals surface area contributed by atoms with Crippen molar-refractivity contribution in [2.24, 2.45) is 10.9 Å². The quantitative estimate of drug-likeness (QED) is 0.0913. The molecule has 0 amide bonds. The lowest BCUT2D eigenvalue weighted by atomic mass is 10.1. The zero-order valence-electron chi connectivity index (χ0n) is 25.5. The van der Waals surface area contributed by atoms with E-state index >= 15 is 0 Å². The summed E-state index contributed by atoms with van der Waals surface area (Å²) in [5.41, 5.74) is 9.80. The fourth-order valence-corrected chi connectivity index (χ4v) is 7.21. The monoisotopic (exact) mass is 618 g/mol. The molecule has 3 N–H and O–H groups in total. The number of nitrogens with two attached hydrogens (primary N) is 1. The minimum absolute atomic E-state index is 0.0751. The highest BCUT2D eigenvalue weighted by molar-refractivity contribution is 7.92. The summed E-state index contributed by atoms with van der Waals surface area (Å²) in [6.07, 6.45) is 3.60. The number of anilines is 1. The molecule has 0 aliphatic carbocycles. The second-order valence-electron chi connectivity index (χ2n) is 11.0. The second-order valence-corrected chi connectivity index (χ2v) is 12.9. The number of oxime groups is 1. The Morgan fingerprint density at radius 3 is 2.45 bits per heavy atom. The SMILES string of the molecule is CCN(CC)CCN(c1ccc2c(c1)nc(CCc1ccc(C(N)=NO)cc1)n2CC1CCCO1)S(=O)(=O)c1ccccc1. The van der Waals surface area contributed by atoms with Crippen molar-refractivity contribution in [3.63, 3.8) is 0 Å². The van der Waals surface area contributed by atoms with Crippen LogP contribution in [0, 0.1) is 0 Å². The molecule has 1 aromatic heterocycles. The lowest BCUT2D eigenvalue weighted by molar-refractivity contribution is 0.0972. The van der Waals surface area contributed by atoms with Crippen LogP contribution in [-0.4, -0.2) is 72.8 Å². The lowest BCUT2D eigenvalue weighted by Gasteiger charge is -2.28. The molecule has 1 aliphatic rings. The van der Waals surface area contributed by atoms with Crippen molar-refractivity contribution in [2.75, 3.05) is 37.1 Å². The van der Waals surface area contributed by atoms with Crippen LogP contribution in [0.4, 0.5) is 5.69 Å². The first-order valence-electron chi connectivity index (χ1n) is 15.3.